The average Bonchev–Trinajstić information content (AvgIpc) is 3.40. The van der Waals surface area contributed by atoms with E-state index in [2.05, 4.69) is 11.6 Å². The van der Waals surface area contributed by atoms with E-state index in [1.165, 1.54) is 24.2 Å². The van der Waals surface area contributed by atoms with Gasteiger partial charge in [0.25, 0.3) is 0 Å². The van der Waals surface area contributed by atoms with Crippen molar-refractivity contribution in [2.24, 2.45) is 17.8 Å². The number of fused-ring (bicyclic) bond motifs is 1. The van der Waals surface area contributed by atoms with Crippen LogP contribution in [0.3, 0.4) is 0 Å². The number of nitrogens with zero attached hydrogens (tertiary/aromatic N) is 2. The molecule has 3 amide bonds. The smallest absolute Gasteiger partial charge is 0.320 e. The topological polar surface area (TPSA) is 86.8 Å². The lowest BCUT2D eigenvalue weighted by atomic mass is 9.77. The third-order valence-corrected chi connectivity index (χ3v) is 9.98. The van der Waals surface area contributed by atoms with E-state index in [0.717, 1.165) is 19.3 Å². The Hall–Kier alpha value is -1.15. The van der Waals surface area contributed by atoms with Gasteiger partial charge in [-0.05, 0) is 57.3 Å². The molecule has 0 aromatic carbocycles. The van der Waals surface area contributed by atoms with Crippen molar-refractivity contribution in [1.29, 1.82) is 0 Å². The van der Waals surface area contributed by atoms with Gasteiger partial charge in [-0.3, -0.25) is 9.69 Å². The van der Waals surface area contributed by atoms with Gasteiger partial charge in [-0.25, -0.2) is 17.9 Å². The van der Waals surface area contributed by atoms with Crippen molar-refractivity contribution in [3.8, 4) is 0 Å². The Morgan fingerprint density at radius 2 is 1.79 bits per heavy atom. The molecule has 4 fully saturated rings. The molecule has 1 N–H and O–H groups in total. The second-order valence-electron chi connectivity index (χ2n) is 10.2. The molecule has 4 aliphatic rings. The minimum absolute atomic E-state index is 0.164. The summed E-state index contributed by atoms with van der Waals surface area (Å²) in [6, 6.07) is -0.373. The molecule has 0 aromatic rings. The molecule has 8 heteroatoms. The minimum atomic E-state index is -3.46. The molecule has 0 bridgehead atoms. The number of hydrogen-bond acceptors (Lipinski definition) is 4. The molecule has 1 aliphatic heterocycles. The first-order valence-corrected chi connectivity index (χ1v) is 12.8. The molecule has 0 aromatic heterocycles. The monoisotopic (exact) mass is 425 g/mol. The fourth-order valence-electron chi connectivity index (χ4n) is 5.56. The summed E-state index contributed by atoms with van der Waals surface area (Å²) < 4.78 is 28.6. The van der Waals surface area contributed by atoms with Crippen molar-refractivity contribution < 1.29 is 18.0 Å². The molecule has 7 nitrogen and oxygen atoms in total. The van der Waals surface area contributed by atoms with Gasteiger partial charge in [0.2, 0.25) is 15.9 Å². The first-order valence-electron chi connectivity index (χ1n) is 11.2. The van der Waals surface area contributed by atoms with E-state index >= 15 is 0 Å². The third kappa shape index (κ3) is 4.07. The van der Waals surface area contributed by atoms with Crippen LogP contribution in [0.4, 0.5) is 4.79 Å². The molecule has 5 unspecified atom stereocenters. The van der Waals surface area contributed by atoms with Crippen LogP contribution >= 0.6 is 0 Å². The molecule has 1 heterocycles. The lowest BCUT2D eigenvalue weighted by molar-refractivity contribution is -0.139. The van der Waals surface area contributed by atoms with E-state index in [0.29, 0.717) is 37.6 Å². The number of nitrogens with one attached hydrogen (secondary N) is 1. The number of sulfonamides is 1. The van der Waals surface area contributed by atoms with E-state index in [9.17, 15) is 18.0 Å². The molecule has 0 radical (unpaired) electrons. The van der Waals surface area contributed by atoms with Crippen LogP contribution in [0.2, 0.25) is 0 Å². The summed E-state index contributed by atoms with van der Waals surface area (Å²) in [5.41, 5.74) is -0.303. The molecular weight excluding hydrogens is 390 g/mol. The molecule has 29 heavy (non-hydrogen) atoms. The number of urea groups is 1. The Morgan fingerprint density at radius 3 is 2.45 bits per heavy atom. The normalized spacial score (nSPS) is 37.4. The van der Waals surface area contributed by atoms with Crippen LogP contribution in [0.5, 0.6) is 0 Å². The first-order chi connectivity index (χ1) is 13.6. The Morgan fingerprint density at radius 1 is 1.10 bits per heavy atom. The van der Waals surface area contributed by atoms with Gasteiger partial charge in [0.1, 0.15) is 0 Å². The SMILES string of the molecule is CC1CCCCC1CN1C(=O)N(C)C(=O)C2CC(S(=O)(=O)NC3(C)CC3)CCC21. The molecule has 1 saturated heterocycles. The van der Waals surface area contributed by atoms with Crippen LogP contribution in [0.15, 0.2) is 0 Å². The van der Waals surface area contributed by atoms with E-state index in [1.54, 1.807) is 7.05 Å². The van der Waals surface area contributed by atoms with Gasteiger partial charge in [0.05, 0.1) is 11.2 Å². The highest BCUT2D eigenvalue weighted by atomic mass is 32.2. The summed E-state index contributed by atoms with van der Waals surface area (Å²) in [4.78, 5) is 29.0. The van der Waals surface area contributed by atoms with Crippen molar-refractivity contribution in [3.05, 3.63) is 0 Å². The lowest BCUT2D eigenvalue weighted by Gasteiger charge is -2.49. The molecule has 4 rings (SSSR count). The zero-order chi connectivity index (χ0) is 21.0. The lowest BCUT2D eigenvalue weighted by Crippen LogP contribution is -2.64. The average molecular weight is 426 g/mol. The highest BCUT2D eigenvalue weighted by molar-refractivity contribution is 7.90. The number of imide groups is 1. The van der Waals surface area contributed by atoms with Gasteiger partial charge >= 0.3 is 6.03 Å². The number of rotatable bonds is 5. The zero-order valence-corrected chi connectivity index (χ0v) is 18.7. The molecule has 0 spiro atoms. The molecular formula is C21H35N3O4S. The van der Waals surface area contributed by atoms with Crippen LogP contribution in [0.1, 0.15) is 71.6 Å². The second kappa shape index (κ2) is 7.52. The maximum absolute atomic E-state index is 12.9. The third-order valence-electron chi connectivity index (χ3n) is 7.89. The van der Waals surface area contributed by atoms with Crippen LogP contribution in [-0.4, -0.2) is 60.6 Å². The summed E-state index contributed by atoms with van der Waals surface area (Å²) in [7, 11) is -1.92. The standard InChI is InChI=1S/C21H35N3O4S/c1-14-6-4-5-7-15(14)13-24-18-9-8-16(29(27,28)22-21(2)10-11-21)12-17(18)19(25)23(3)20(24)26/h14-18,22H,4-13H2,1-3H3. The summed E-state index contributed by atoms with van der Waals surface area (Å²) in [5.74, 6) is 0.412. The Balaban J connectivity index is 1.51. The van der Waals surface area contributed by atoms with Gasteiger partial charge in [0.15, 0.2) is 0 Å². The molecule has 164 valence electrons. The molecule has 5 atom stereocenters. The van der Waals surface area contributed by atoms with Gasteiger partial charge in [0, 0.05) is 25.2 Å². The minimum Gasteiger partial charge on any atom is -0.320 e. The first kappa shape index (κ1) is 21.1. The van der Waals surface area contributed by atoms with E-state index in [-0.39, 0.29) is 23.5 Å². The number of hydrogen-bond donors (Lipinski definition) is 1. The Kier molecular flexibility index (Phi) is 5.47. The predicted molar refractivity (Wildman–Crippen MR) is 111 cm³/mol. The van der Waals surface area contributed by atoms with Crippen molar-refractivity contribution in [2.45, 2.75) is 88.5 Å². The quantitative estimate of drug-likeness (QED) is 0.734. The van der Waals surface area contributed by atoms with Crippen molar-refractivity contribution >= 4 is 22.0 Å². The van der Waals surface area contributed by atoms with Crippen LogP contribution in [0, 0.1) is 17.8 Å². The van der Waals surface area contributed by atoms with Crippen molar-refractivity contribution in [3.63, 3.8) is 0 Å². The fourth-order valence-corrected chi connectivity index (χ4v) is 7.53. The van der Waals surface area contributed by atoms with Crippen LogP contribution in [0.25, 0.3) is 0 Å². The van der Waals surface area contributed by atoms with Gasteiger partial charge in [-0.1, -0.05) is 26.2 Å². The maximum Gasteiger partial charge on any atom is 0.326 e. The number of carbonyl (C=O) groups excluding carboxylic acids is 2. The summed E-state index contributed by atoms with van der Waals surface area (Å²) in [6.07, 6.45) is 7.91. The summed E-state index contributed by atoms with van der Waals surface area (Å²) >= 11 is 0. The largest absolute Gasteiger partial charge is 0.326 e. The summed E-state index contributed by atoms with van der Waals surface area (Å²) in [5, 5.41) is -0.554. The van der Waals surface area contributed by atoms with E-state index in [4.69, 9.17) is 0 Å². The number of carbonyl (C=O) groups is 2. The Bertz CT molecular complexity index is 779. The van der Waals surface area contributed by atoms with Gasteiger partial charge in [-0.15, -0.1) is 0 Å². The highest BCUT2D eigenvalue weighted by Crippen LogP contribution is 2.41. The van der Waals surface area contributed by atoms with E-state index < -0.39 is 21.2 Å². The van der Waals surface area contributed by atoms with Crippen LogP contribution in [-0.2, 0) is 14.8 Å². The molecule has 3 aliphatic carbocycles. The predicted octanol–water partition coefficient (Wildman–Crippen LogP) is 2.72. The van der Waals surface area contributed by atoms with Crippen molar-refractivity contribution in [1.82, 2.24) is 14.5 Å². The zero-order valence-electron chi connectivity index (χ0n) is 17.9. The van der Waals surface area contributed by atoms with Crippen molar-refractivity contribution in [2.75, 3.05) is 13.6 Å². The van der Waals surface area contributed by atoms with Gasteiger partial charge in [-0.2, -0.15) is 0 Å². The summed E-state index contributed by atoms with van der Waals surface area (Å²) in [6.45, 7) is 4.88. The fraction of sp³-hybridized carbons (Fsp3) is 0.905. The molecule has 3 saturated carbocycles. The highest BCUT2D eigenvalue weighted by Gasteiger charge is 2.51. The van der Waals surface area contributed by atoms with E-state index in [1.807, 2.05) is 11.8 Å². The number of amides is 3. The van der Waals surface area contributed by atoms with Gasteiger partial charge < -0.3 is 4.90 Å². The Labute approximate surface area is 174 Å². The van der Waals surface area contributed by atoms with Crippen LogP contribution < -0.4 is 4.72 Å². The second-order valence-corrected chi connectivity index (χ2v) is 12.1. The maximum atomic E-state index is 12.9.